The van der Waals surface area contributed by atoms with E-state index in [4.69, 9.17) is 8.83 Å². The lowest BCUT2D eigenvalue weighted by Crippen LogP contribution is -1.93. The summed E-state index contributed by atoms with van der Waals surface area (Å²) in [7, 11) is 0. The largest absolute Gasteiger partial charge is 0.456 e. The zero-order chi connectivity index (χ0) is 28.2. The van der Waals surface area contributed by atoms with Crippen LogP contribution in [0.4, 0.5) is 0 Å². The van der Waals surface area contributed by atoms with Gasteiger partial charge in [-0.3, -0.25) is 0 Å². The molecule has 0 fully saturated rings. The molecule has 2 heterocycles. The summed E-state index contributed by atoms with van der Waals surface area (Å²) in [6.45, 7) is 0. The molecule has 4 nitrogen and oxygen atoms in total. The van der Waals surface area contributed by atoms with Crippen LogP contribution in [0, 0.1) is 22.7 Å². The van der Waals surface area contributed by atoms with Crippen LogP contribution < -0.4 is 0 Å². The Morgan fingerprint density at radius 2 is 1.07 bits per heavy atom. The lowest BCUT2D eigenvalue weighted by atomic mass is 9.86. The van der Waals surface area contributed by atoms with E-state index >= 15 is 0 Å². The van der Waals surface area contributed by atoms with E-state index in [9.17, 15) is 10.5 Å². The van der Waals surface area contributed by atoms with Gasteiger partial charge < -0.3 is 8.83 Å². The predicted octanol–water partition coefficient (Wildman–Crippen LogP) is 10.2. The minimum absolute atomic E-state index is 0.581. The highest BCUT2D eigenvalue weighted by Crippen LogP contribution is 2.43. The normalized spacial score (nSPS) is 11.3. The summed E-state index contributed by atoms with van der Waals surface area (Å²) in [6, 6.07) is 44.5. The number of benzene rings is 6. The highest BCUT2D eigenvalue weighted by atomic mass is 16.3. The molecule has 8 aromatic rings. The van der Waals surface area contributed by atoms with Gasteiger partial charge in [0.25, 0.3) is 0 Å². The van der Waals surface area contributed by atoms with Crippen molar-refractivity contribution >= 4 is 43.9 Å². The quantitative estimate of drug-likeness (QED) is 0.225. The Hall–Kier alpha value is -6.10. The second-order valence-electron chi connectivity index (χ2n) is 10.3. The van der Waals surface area contributed by atoms with Crippen molar-refractivity contribution in [3.63, 3.8) is 0 Å². The van der Waals surface area contributed by atoms with Crippen molar-refractivity contribution in [2.24, 2.45) is 0 Å². The van der Waals surface area contributed by atoms with Crippen LogP contribution in [-0.2, 0) is 0 Å². The maximum Gasteiger partial charge on any atom is 0.136 e. The minimum Gasteiger partial charge on any atom is -0.456 e. The van der Waals surface area contributed by atoms with Crippen LogP contribution in [0.1, 0.15) is 11.1 Å². The summed E-state index contributed by atoms with van der Waals surface area (Å²) in [5, 5.41) is 24.1. The lowest BCUT2D eigenvalue weighted by molar-refractivity contribution is 0.668. The van der Waals surface area contributed by atoms with Crippen molar-refractivity contribution in [2.45, 2.75) is 0 Å². The van der Waals surface area contributed by atoms with E-state index in [1.54, 1.807) is 0 Å². The van der Waals surface area contributed by atoms with Crippen LogP contribution in [0.25, 0.3) is 77.3 Å². The molecule has 0 bridgehead atoms. The maximum absolute atomic E-state index is 10.7. The van der Waals surface area contributed by atoms with Crippen LogP contribution in [0.3, 0.4) is 0 Å². The topological polar surface area (TPSA) is 73.9 Å². The molecular weight excluding hydrogens is 516 g/mol. The molecule has 0 aliphatic heterocycles. The van der Waals surface area contributed by atoms with Crippen molar-refractivity contribution in [1.82, 2.24) is 0 Å². The third kappa shape index (κ3) is 3.60. The fourth-order valence-corrected chi connectivity index (χ4v) is 6.00. The number of furan rings is 2. The first kappa shape index (κ1) is 23.8. The second-order valence-corrected chi connectivity index (χ2v) is 10.3. The Morgan fingerprint density at radius 3 is 1.86 bits per heavy atom. The average Bonchev–Trinajstić information content (AvgIpc) is 3.62. The molecule has 0 radical (unpaired) electrons. The summed E-state index contributed by atoms with van der Waals surface area (Å²) >= 11 is 0. The Morgan fingerprint density at radius 1 is 0.429 bits per heavy atom. The predicted molar refractivity (Wildman–Crippen MR) is 167 cm³/mol. The Labute approximate surface area is 240 Å². The van der Waals surface area contributed by atoms with Gasteiger partial charge in [0.15, 0.2) is 0 Å². The van der Waals surface area contributed by atoms with Gasteiger partial charge in [0.05, 0.1) is 17.2 Å². The van der Waals surface area contributed by atoms with Crippen molar-refractivity contribution < 1.29 is 8.83 Å². The summed E-state index contributed by atoms with van der Waals surface area (Å²) in [4.78, 5) is 0. The summed E-state index contributed by atoms with van der Waals surface area (Å²) in [5.74, 6) is 0. The molecule has 2 aromatic heterocycles. The fourth-order valence-electron chi connectivity index (χ4n) is 6.00. The van der Waals surface area contributed by atoms with Crippen LogP contribution in [-0.4, -0.2) is 0 Å². The number of para-hydroxylation sites is 2. The molecule has 0 aliphatic carbocycles. The first-order chi connectivity index (χ1) is 20.7. The molecule has 4 heteroatoms. The van der Waals surface area contributed by atoms with E-state index in [0.29, 0.717) is 11.1 Å². The lowest BCUT2D eigenvalue weighted by Gasteiger charge is -2.15. The molecule has 0 unspecified atom stereocenters. The molecule has 0 saturated heterocycles. The first-order valence-corrected chi connectivity index (χ1v) is 13.6. The number of rotatable bonds is 3. The van der Waals surface area contributed by atoms with E-state index in [2.05, 4.69) is 48.5 Å². The zero-order valence-corrected chi connectivity index (χ0v) is 22.3. The van der Waals surface area contributed by atoms with Gasteiger partial charge in [0, 0.05) is 32.7 Å². The number of fused-ring (bicyclic) bond motifs is 6. The average molecular weight is 537 g/mol. The van der Waals surface area contributed by atoms with Gasteiger partial charge in [0.2, 0.25) is 0 Å². The van der Waals surface area contributed by atoms with Crippen LogP contribution in [0.5, 0.6) is 0 Å². The van der Waals surface area contributed by atoms with Crippen LogP contribution >= 0.6 is 0 Å². The fraction of sp³-hybridized carbons (Fsp3) is 0. The first-order valence-electron chi connectivity index (χ1n) is 13.6. The van der Waals surface area contributed by atoms with Crippen molar-refractivity contribution in [1.29, 1.82) is 10.5 Å². The highest BCUT2D eigenvalue weighted by molar-refractivity contribution is 6.13. The standard InChI is InChI=1S/C38H20N2O2/c39-21-23-12-14-24(15-13-23)26-19-30(25-16-17-36-32(18-25)27-6-1-3-9-34(27)41-36)33(22-40)31(20-26)28-8-5-11-37-38(28)29-7-2-4-10-35(29)42-37/h1-20H. The van der Waals surface area contributed by atoms with E-state index in [1.807, 2.05) is 84.9 Å². The number of nitrogens with zero attached hydrogens (tertiary/aromatic N) is 2. The molecule has 194 valence electrons. The zero-order valence-electron chi connectivity index (χ0n) is 22.3. The van der Waals surface area contributed by atoms with Gasteiger partial charge in [-0.2, -0.15) is 10.5 Å². The summed E-state index contributed by atoms with van der Waals surface area (Å²) < 4.78 is 12.3. The maximum atomic E-state index is 10.7. The van der Waals surface area contributed by atoms with Gasteiger partial charge in [-0.05, 0) is 76.9 Å². The molecule has 8 rings (SSSR count). The Bertz CT molecular complexity index is 2430. The molecular formula is C38H20N2O2. The molecule has 0 aliphatic rings. The molecule has 0 N–H and O–H groups in total. The molecule has 0 saturated carbocycles. The Kier molecular flexibility index (Phi) is 5.22. The van der Waals surface area contributed by atoms with E-state index in [-0.39, 0.29) is 0 Å². The molecule has 0 atom stereocenters. The van der Waals surface area contributed by atoms with Gasteiger partial charge in [-0.25, -0.2) is 0 Å². The van der Waals surface area contributed by atoms with Crippen LogP contribution in [0.15, 0.2) is 130 Å². The summed E-state index contributed by atoms with van der Waals surface area (Å²) in [6.07, 6.45) is 0. The number of hydrogen-bond donors (Lipinski definition) is 0. The minimum atomic E-state index is 0.581. The van der Waals surface area contributed by atoms with Crippen molar-refractivity contribution in [2.75, 3.05) is 0 Å². The van der Waals surface area contributed by atoms with E-state index < -0.39 is 0 Å². The number of hydrogen-bond acceptors (Lipinski definition) is 4. The van der Waals surface area contributed by atoms with Gasteiger partial charge in [0.1, 0.15) is 28.4 Å². The van der Waals surface area contributed by atoms with E-state index in [0.717, 1.165) is 77.3 Å². The summed E-state index contributed by atoms with van der Waals surface area (Å²) in [5.41, 5.74) is 9.80. The van der Waals surface area contributed by atoms with Gasteiger partial charge in [-0.1, -0.05) is 66.7 Å². The molecule has 0 amide bonds. The number of nitriles is 2. The van der Waals surface area contributed by atoms with Crippen molar-refractivity contribution in [3.05, 3.63) is 132 Å². The SMILES string of the molecule is N#Cc1ccc(-c2cc(-c3ccc4oc5ccccc5c4c3)c(C#N)c(-c3cccc4oc5ccccc5c34)c2)cc1. The highest BCUT2D eigenvalue weighted by Gasteiger charge is 2.20. The van der Waals surface area contributed by atoms with Crippen molar-refractivity contribution in [3.8, 4) is 45.5 Å². The van der Waals surface area contributed by atoms with E-state index in [1.165, 1.54) is 0 Å². The molecule has 0 spiro atoms. The van der Waals surface area contributed by atoms with Crippen LogP contribution in [0.2, 0.25) is 0 Å². The van der Waals surface area contributed by atoms with Gasteiger partial charge >= 0.3 is 0 Å². The smallest absolute Gasteiger partial charge is 0.136 e. The monoisotopic (exact) mass is 536 g/mol. The van der Waals surface area contributed by atoms with Gasteiger partial charge in [-0.15, -0.1) is 0 Å². The molecule has 6 aromatic carbocycles. The third-order valence-electron chi connectivity index (χ3n) is 7.98. The second kappa shape index (κ2) is 9.24. The Balaban J connectivity index is 1.45. The molecule has 42 heavy (non-hydrogen) atoms. The third-order valence-corrected chi connectivity index (χ3v) is 7.98.